The highest BCUT2D eigenvalue weighted by Crippen LogP contribution is 2.33. The predicted octanol–water partition coefficient (Wildman–Crippen LogP) is 2.76. The molecule has 0 spiro atoms. The Bertz CT molecular complexity index is 149. The summed E-state index contributed by atoms with van der Waals surface area (Å²) in [6.45, 7) is 10.7. The van der Waals surface area contributed by atoms with Crippen molar-refractivity contribution in [3.8, 4) is 0 Å². The van der Waals surface area contributed by atoms with Crippen LogP contribution in [0.1, 0.15) is 40.5 Å². The molecule has 0 amide bonds. The SMILES string of the molecule is CC(C)C1CCN(C)C(C)(C)C1. The second-order valence-electron chi connectivity index (χ2n) is 5.23. The van der Waals surface area contributed by atoms with Crippen molar-refractivity contribution >= 4 is 0 Å². The van der Waals surface area contributed by atoms with Crippen LogP contribution in [0.4, 0.5) is 0 Å². The Morgan fingerprint density at radius 2 is 1.92 bits per heavy atom. The topological polar surface area (TPSA) is 3.24 Å². The molecule has 1 aliphatic heterocycles. The Labute approximate surface area is 77.1 Å². The van der Waals surface area contributed by atoms with E-state index in [0.29, 0.717) is 5.54 Å². The van der Waals surface area contributed by atoms with Crippen LogP contribution in [0.2, 0.25) is 0 Å². The zero-order valence-electron chi connectivity index (χ0n) is 9.22. The van der Waals surface area contributed by atoms with E-state index in [-0.39, 0.29) is 0 Å². The summed E-state index contributed by atoms with van der Waals surface area (Å²) in [5.74, 6) is 1.80. The lowest BCUT2D eigenvalue weighted by Gasteiger charge is -2.44. The van der Waals surface area contributed by atoms with E-state index in [1.54, 1.807) is 0 Å². The summed E-state index contributed by atoms with van der Waals surface area (Å²) < 4.78 is 0. The standard InChI is InChI=1S/C11H23N/c1-9(2)10-6-7-12(5)11(3,4)8-10/h9-10H,6-8H2,1-5H3. The number of nitrogens with zero attached hydrogens (tertiary/aromatic N) is 1. The number of hydrogen-bond donors (Lipinski definition) is 0. The molecule has 0 aliphatic carbocycles. The first-order chi connectivity index (χ1) is 5.43. The first kappa shape index (κ1) is 10.0. The van der Waals surface area contributed by atoms with Crippen LogP contribution in [0.5, 0.6) is 0 Å². The summed E-state index contributed by atoms with van der Waals surface area (Å²) in [6.07, 6.45) is 2.75. The zero-order valence-corrected chi connectivity index (χ0v) is 9.22. The molecule has 1 rings (SSSR count). The molecular weight excluding hydrogens is 146 g/mol. The molecule has 0 radical (unpaired) electrons. The van der Waals surface area contributed by atoms with Gasteiger partial charge in [0, 0.05) is 5.54 Å². The van der Waals surface area contributed by atoms with Gasteiger partial charge >= 0.3 is 0 Å². The first-order valence-electron chi connectivity index (χ1n) is 5.15. The maximum Gasteiger partial charge on any atom is 0.0152 e. The average molecular weight is 169 g/mol. The second-order valence-corrected chi connectivity index (χ2v) is 5.23. The lowest BCUT2D eigenvalue weighted by Crippen LogP contribution is -2.48. The maximum absolute atomic E-state index is 2.49. The average Bonchev–Trinajstić information content (AvgIpc) is 1.94. The molecule has 0 aromatic heterocycles. The Balaban J connectivity index is 2.57. The summed E-state index contributed by atoms with van der Waals surface area (Å²) in [6, 6.07) is 0. The third-order valence-electron chi connectivity index (χ3n) is 3.57. The Hall–Kier alpha value is -0.0400. The van der Waals surface area contributed by atoms with Gasteiger partial charge in [-0.3, -0.25) is 0 Å². The Kier molecular flexibility index (Phi) is 2.82. The van der Waals surface area contributed by atoms with Crippen molar-refractivity contribution < 1.29 is 0 Å². The van der Waals surface area contributed by atoms with Crippen molar-refractivity contribution in [2.24, 2.45) is 11.8 Å². The molecule has 1 nitrogen and oxygen atoms in total. The summed E-state index contributed by atoms with van der Waals surface area (Å²) in [5, 5.41) is 0. The van der Waals surface area contributed by atoms with Crippen LogP contribution in [-0.4, -0.2) is 24.0 Å². The van der Waals surface area contributed by atoms with Gasteiger partial charge < -0.3 is 4.90 Å². The van der Waals surface area contributed by atoms with E-state index in [9.17, 15) is 0 Å². The van der Waals surface area contributed by atoms with E-state index in [4.69, 9.17) is 0 Å². The van der Waals surface area contributed by atoms with Gasteiger partial charge in [-0.05, 0) is 52.1 Å². The highest BCUT2D eigenvalue weighted by atomic mass is 15.2. The fourth-order valence-electron chi connectivity index (χ4n) is 2.13. The van der Waals surface area contributed by atoms with Crippen LogP contribution >= 0.6 is 0 Å². The van der Waals surface area contributed by atoms with Gasteiger partial charge in [-0.1, -0.05) is 13.8 Å². The lowest BCUT2D eigenvalue weighted by atomic mass is 9.77. The van der Waals surface area contributed by atoms with Crippen molar-refractivity contribution in [3.63, 3.8) is 0 Å². The van der Waals surface area contributed by atoms with Crippen molar-refractivity contribution in [2.45, 2.75) is 46.1 Å². The largest absolute Gasteiger partial charge is 0.301 e. The number of hydrogen-bond acceptors (Lipinski definition) is 1. The van der Waals surface area contributed by atoms with Gasteiger partial charge in [-0.15, -0.1) is 0 Å². The fraction of sp³-hybridized carbons (Fsp3) is 1.00. The molecule has 0 saturated carbocycles. The van der Waals surface area contributed by atoms with E-state index < -0.39 is 0 Å². The van der Waals surface area contributed by atoms with Crippen molar-refractivity contribution in [2.75, 3.05) is 13.6 Å². The first-order valence-corrected chi connectivity index (χ1v) is 5.15. The normalized spacial score (nSPS) is 31.0. The Morgan fingerprint density at radius 3 is 2.33 bits per heavy atom. The van der Waals surface area contributed by atoms with Crippen LogP contribution in [0.15, 0.2) is 0 Å². The number of piperidine rings is 1. The maximum atomic E-state index is 2.49. The highest BCUT2D eigenvalue weighted by Gasteiger charge is 2.33. The molecule has 0 bridgehead atoms. The fourth-order valence-corrected chi connectivity index (χ4v) is 2.13. The van der Waals surface area contributed by atoms with E-state index >= 15 is 0 Å². The van der Waals surface area contributed by atoms with Crippen LogP contribution < -0.4 is 0 Å². The van der Waals surface area contributed by atoms with E-state index in [1.807, 2.05) is 0 Å². The van der Waals surface area contributed by atoms with Gasteiger partial charge in [0.25, 0.3) is 0 Å². The molecule has 0 aromatic carbocycles. The third-order valence-corrected chi connectivity index (χ3v) is 3.57. The molecule has 0 aromatic rings. The van der Waals surface area contributed by atoms with Crippen molar-refractivity contribution in [1.29, 1.82) is 0 Å². The molecule has 1 atom stereocenters. The van der Waals surface area contributed by atoms with Gasteiger partial charge in [-0.2, -0.15) is 0 Å². The van der Waals surface area contributed by atoms with Crippen molar-refractivity contribution in [1.82, 2.24) is 4.90 Å². The van der Waals surface area contributed by atoms with Crippen LogP contribution in [0.25, 0.3) is 0 Å². The van der Waals surface area contributed by atoms with E-state index in [1.165, 1.54) is 19.4 Å². The molecule has 72 valence electrons. The summed E-state index contributed by atoms with van der Waals surface area (Å²) in [4.78, 5) is 2.49. The van der Waals surface area contributed by atoms with Gasteiger partial charge in [-0.25, -0.2) is 0 Å². The predicted molar refractivity (Wildman–Crippen MR) is 54.3 cm³/mol. The quantitative estimate of drug-likeness (QED) is 0.583. The van der Waals surface area contributed by atoms with Gasteiger partial charge in [0.2, 0.25) is 0 Å². The van der Waals surface area contributed by atoms with Crippen molar-refractivity contribution in [3.05, 3.63) is 0 Å². The molecule has 12 heavy (non-hydrogen) atoms. The van der Waals surface area contributed by atoms with Gasteiger partial charge in [0.15, 0.2) is 0 Å². The van der Waals surface area contributed by atoms with Crippen LogP contribution in [-0.2, 0) is 0 Å². The van der Waals surface area contributed by atoms with Gasteiger partial charge in [0.1, 0.15) is 0 Å². The third kappa shape index (κ3) is 2.01. The number of likely N-dealkylation sites (tertiary alicyclic amines) is 1. The Morgan fingerprint density at radius 1 is 1.33 bits per heavy atom. The summed E-state index contributed by atoms with van der Waals surface area (Å²) in [7, 11) is 2.25. The second kappa shape index (κ2) is 3.37. The lowest BCUT2D eigenvalue weighted by molar-refractivity contribution is 0.0559. The van der Waals surface area contributed by atoms with Crippen LogP contribution in [0.3, 0.4) is 0 Å². The van der Waals surface area contributed by atoms with E-state index in [0.717, 1.165) is 11.8 Å². The molecule has 1 unspecified atom stereocenters. The zero-order chi connectivity index (χ0) is 9.35. The smallest absolute Gasteiger partial charge is 0.0152 e. The summed E-state index contributed by atoms with van der Waals surface area (Å²) >= 11 is 0. The molecule has 1 fully saturated rings. The molecular formula is C11H23N. The van der Waals surface area contributed by atoms with Crippen LogP contribution in [0, 0.1) is 11.8 Å². The molecule has 1 saturated heterocycles. The molecule has 1 heteroatoms. The minimum Gasteiger partial charge on any atom is -0.301 e. The minimum atomic E-state index is 0.424. The molecule has 1 aliphatic rings. The summed E-state index contributed by atoms with van der Waals surface area (Å²) in [5.41, 5.74) is 0.424. The van der Waals surface area contributed by atoms with Gasteiger partial charge in [0.05, 0.1) is 0 Å². The van der Waals surface area contributed by atoms with E-state index in [2.05, 4.69) is 39.6 Å². The molecule has 1 heterocycles. The monoisotopic (exact) mass is 169 g/mol. The molecule has 0 N–H and O–H groups in total. The number of rotatable bonds is 1. The minimum absolute atomic E-state index is 0.424. The highest BCUT2D eigenvalue weighted by molar-refractivity contribution is 4.88.